The fourth-order valence-corrected chi connectivity index (χ4v) is 1.99. The van der Waals surface area contributed by atoms with Gasteiger partial charge < -0.3 is 0 Å². The monoisotopic (exact) mass is 234 g/mol. The minimum absolute atomic E-state index is 1.11. The van der Waals surface area contributed by atoms with Crippen LogP contribution >= 0.6 is 0 Å². The van der Waals surface area contributed by atoms with E-state index in [2.05, 4.69) is 49.4 Å². The molecular weight excluding hydrogens is 216 g/mol. The van der Waals surface area contributed by atoms with Crippen LogP contribution in [0.5, 0.6) is 0 Å². The minimum atomic E-state index is 1.11. The van der Waals surface area contributed by atoms with Crippen LogP contribution in [0, 0.1) is 0 Å². The van der Waals surface area contributed by atoms with E-state index in [9.17, 15) is 0 Å². The normalized spacial score (nSPS) is 9.61. The molecule has 0 unspecified atom stereocenters. The lowest BCUT2D eigenvalue weighted by molar-refractivity contribution is 1.16. The third-order valence-electron chi connectivity index (χ3n) is 2.93. The second-order valence-corrected chi connectivity index (χ2v) is 4.15. The van der Waals surface area contributed by atoms with E-state index in [0.29, 0.717) is 0 Å². The molecule has 0 aliphatic heterocycles. The Morgan fingerprint density at radius 1 is 0.611 bits per heavy atom. The molecule has 0 fully saturated rings. The van der Waals surface area contributed by atoms with Gasteiger partial charge in [0.1, 0.15) is 0 Å². The summed E-state index contributed by atoms with van der Waals surface area (Å²) in [5, 5.41) is 2.74. The summed E-state index contributed by atoms with van der Waals surface area (Å²) < 4.78 is 0. The number of hydrogen-bond acceptors (Lipinski definition) is 0. The summed E-state index contributed by atoms with van der Waals surface area (Å²) >= 11 is 0. The van der Waals surface area contributed by atoms with Crippen LogP contribution in [0.15, 0.2) is 78.9 Å². The van der Waals surface area contributed by atoms with Gasteiger partial charge >= 0.3 is 0 Å². The van der Waals surface area contributed by atoms with E-state index in [0.717, 1.165) is 6.42 Å². The first-order valence-corrected chi connectivity index (χ1v) is 6.38. The maximum Gasteiger partial charge on any atom is -0.0152 e. The first-order valence-electron chi connectivity index (χ1n) is 6.38. The molecule has 0 atom stereocenters. The van der Waals surface area contributed by atoms with Gasteiger partial charge in [0.2, 0.25) is 0 Å². The van der Waals surface area contributed by atoms with Crippen LogP contribution in [0.3, 0.4) is 0 Å². The Kier molecular flexibility index (Phi) is 4.54. The Morgan fingerprint density at radius 2 is 1.17 bits per heavy atom. The zero-order chi connectivity index (χ0) is 12.6. The Hall–Kier alpha value is -2.08. The van der Waals surface area contributed by atoms with Crippen LogP contribution < -0.4 is 0 Å². The van der Waals surface area contributed by atoms with Crippen LogP contribution in [0.4, 0.5) is 0 Å². The number of aryl methyl sites for hydroxylation is 1. The molecular formula is C18H18. The van der Waals surface area contributed by atoms with E-state index in [1.54, 1.807) is 0 Å². The van der Waals surface area contributed by atoms with Gasteiger partial charge in [-0.15, -0.1) is 0 Å². The largest absolute Gasteiger partial charge is 0.0623 e. The predicted octanol–water partition coefficient (Wildman–Crippen LogP) is 5.09. The highest BCUT2D eigenvalue weighted by Gasteiger charge is 1.95. The van der Waals surface area contributed by atoms with E-state index < -0.39 is 0 Å². The summed E-state index contributed by atoms with van der Waals surface area (Å²) in [5.41, 5.74) is 1.44. The fraction of sp³-hybridized carbons (Fsp3) is 0.111. The van der Waals surface area contributed by atoms with Gasteiger partial charge in [0.05, 0.1) is 0 Å². The van der Waals surface area contributed by atoms with E-state index >= 15 is 0 Å². The topological polar surface area (TPSA) is 0 Å². The van der Waals surface area contributed by atoms with Gasteiger partial charge in [-0.25, -0.2) is 0 Å². The van der Waals surface area contributed by atoms with Gasteiger partial charge in [-0.05, 0) is 22.8 Å². The van der Waals surface area contributed by atoms with Crippen molar-refractivity contribution in [3.63, 3.8) is 0 Å². The standard InChI is InChI=1S/C12H12.C6H6/c1-2-10-7-5-8-11-6-3-4-9-12(10)11;1-2-4-6-5-3-1/h3-9H,2H2,1H3;1-6H. The van der Waals surface area contributed by atoms with Gasteiger partial charge in [-0.2, -0.15) is 0 Å². The van der Waals surface area contributed by atoms with E-state index in [4.69, 9.17) is 0 Å². The first-order chi connectivity index (χ1) is 8.92. The summed E-state index contributed by atoms with van der Waals surface area (Å²) in [6, 6.07) is 27.0. The summed E-state index contributed by atoms with van der Waals surface area (Å²) in [6.07, 6.45) is 1.11. The predicted molar refractivity (Wildman–Crippen MR) is 79.8 cm³/mol. The molecule has 0 radical (unpaired) electrons. The van der Waals surface area contributed by atoms with Crippen LogP contribution in [0.2, 0.25) is 0 Å². The lowest BCUT2D eigenvalue weighted by Crippen LogP contribution is -1.81. The van der Waals surface area contributed by atoms with Gasteiger partial charge in [-0.1, -0.05) is 85.8 Å². The molecule has 0 aromatic heterocycles. The van der Waals surface area contributed by atoms with Crippen molar-refractivity contribution >= 4 is 10.8 Å². The third-order valence-corrected chi connectivity index (χ3v) is 2.93. The average Bonchev–Trinajstić information content (AvgIpc) is 2.49. The number of rotatable bonds is 1. The summed E-state index contributed by atoms with van der Waals surface area (Å²) in [5.74, 6) is 0. The molecule has 0 nitrogen and oxygen atoms in total. The third kappa shape index (κ3) is 3.21. The Labute approximate surface area is 109 Å². The van der Waals surface area contributed by atoms with Crippen molar-refractivity contribution in [1.82, 2.24) is 0 Å². The lowest BCUT2D eigenvalue weighted by Gasteiger charge is -2.02. The highest BCUT2D eigenvalue weighted by molar-refractivity contribution is 5.85. The van der Waals surface area contributed by atoms with E-state index in [-0.39, 0.29) is 0 Å². The molecule has 18 heavy (non-hydrogen) atoms. The van der Waals surface area contributed by atoms with Crippen molar-refractivity contribution in [2.45, 2.75) is 13.3 Å². The summed E-state index contributed by atoms with van der Waals surface area (Å²) in [6.45, 7) is 2.20. The maximum atomic E-state index is 2.20. The van der Waals surface area contributed by atoms with E-state index in [1.165, 1.54) is 16.3 Å². The van der Waals surface area contributed by atoms with Gasteiger partial charge in [0, 0.05) is 0 Å². The minimum Gasteiger partial charge on any atom is -0.0623 e. The van der Waals surface area contributed by atoms with Crippen molar-refractivity contribution < 1.29 is 0 Å². The van der Waals surface area contributed by atoms with Crippen molar-refractivity contribution in [2.75, 3.05) is 0 Å². The Bertz CT molecular complexity index is 550. The quantitative estimate of drug-likeness (QED) is 0.550. The molecule has 0 aliphatic rings. The molecule has 0 N–H and O–H groups in total. The lowest BCUT2D eigenvalue weighted by atomic mass is 10.0. The van der Waals surface area contributed by atoms with Crippen LogP contribution in [0.1, 0.15) is 12.5 Å². The second kappa shape index (κ2) is 6.61. The zero-order valence-corrected chi connectivity index (χ0v) is 10.7. The van der Waals surface area contributed by atoms with E-state index in [1.807, 2.05) is 36.4 Å². The smallest absolute Gasteiger partial charge is 0.0152 e. The molecule has 0 spiro atoms. The van der Waals surface area contributed by atoms with Crippen molar-refractivity contribution in [3.05, 3.63) is 84.4 Å². The number of benzene rings is 3. The number of hydrogen-bond donors (Lipinski definition) is 0. The van der Waals surface area contributed by atoms with Gasteiger partial charge in [0.25, 0.3) is 0 Å². The van der Waals surface area contributed by atoms with Crippen molar-refractivity contribution in [1.29, 1.82) is 0 Å². The zero-order valence-electron chi connectivity index (χ0n) is 10.7. The molecule has 0 amide bonds. The Balaban J connectivity index is 0.000000169. The van der Waals surface area contributed by atoms with Crippen LogP contribution in [-0.2, 0) is 6.42 Å². The second-order valence-electron chi connectivity index (χ2n) is 4.15. The van der Waals surface area contributed by atoms with Crippen molar-refractivity contribution in [2.24, 2.45) is 0 Å². The van der Waals surface area contributed by atoms with Gasteiger partial charge in [0.15, 0.2) is 0 Å². The highest BCUT2D eigenvalue weighted by Crippen LogP contribution is 2.18. The van der Waals surface area contributed by atoms with Crippen molar-refractivity contribution in [3.8, 4) is 0 Å². The Morgan fingerprint density at radius 3 is 1.78 bits per heavy atom. The molecule has 3 aromatic carbocycles. The molecule has 0 saturated carbocycles. The molecule has 0 aliphatic carbocycles. The van der Waals surface area contributed by atoms with Crippen LogP contribution in [-0.4, -0.2) is 0 Å². The number of fused-ring (bicyclic) bond motifs is 1. The molecule has 0 saturated heterocycles. The van der Waals surface area contributed by atoms with Crippen LogP contribution in [0.25, 0.3) is 10.8 Å². The highest BCUT2D eigenvalue weighted by atomic mass is 14.0. The molecule has 0 heterocycles. The molecule has 3 aromatic rings. The van der Waals surface area contributed by atoms with Gasteiger partial charge in [-0.3, -0.25) is 0 Å². The average molecular weight is 234 g/mol. The summed E-state index contributed by atoms with van der Waals surface area (Å²) in [7, 11) is 0. The fourth-order valence-electron chi connectivity index (χ4n) is 1.99. The molecule has 3 rings (SSSR count). The SMILES string of the molecule is CCc1cccc2ccccc12.c1ccccc1. The molecule has 0 bridgehead atoms. The maximum absolute atomic E-state index is 2.20. The molecule has 90 valence electrons. The summed E-state index contributed by atoms with van der Waals surface area (Å²) in [4.78, 5) is 0. The molecule has 0 heteroatoms. The first kappa shape index (κ1) is 12.4.